The second-order valence-electron chi connectivity index (χ2n) is 6.20. The van der Waals surface area contributed by atoms with Crippen LogP contribution in [-0.2, 0) is 4.79 Å². The van der Waals surface area contributed by atoms with Crippen LogP contribution in [-0.4, -0.2) is 5.91 Å². The number of rotatable bonds is 2. The summed E-state index contributed by atoms with van der Waals surface area (Å²) in [6, 6.07) is 9.25. The van der Waals surface area contributed by atoms with E-state index in [1.165, 1.54) is 19.3 Å². The molecule has 0 unspecified atom stereocenters. The normalized spacial score (nSPS) is 37.5. The lowest BCUT2D eigenvalue weighted by Crippen LogP contribution is -2.18. The highest BCUT2D eigenvalue weighted by atomic mass is 16.2. The van der Waals surface area contributed by atoms with Crippen molar-refractivity contribution in [3.63, 3.8) is 0 Å². The highest BCUT2D eigenvalue weighted by molar-refractivity contribution is 5.95. The Balaban J connectivity index is 1.47. The molecule has 0 heterocycles. The zero-order valence-electron chi connectivity index (χ0n) is 10.7. The summed E-state index contributed by atoms with van der Waals surface area (Å²) in [4.78, 5) is 12.3. The molecule has 1 amide bonds. The predicted octanol–water partition coefficient (Wildman–Crippen LogP) is 2.79. The van der Waals surface area contributed by atoms with Gasteiger partial charge in [0.25, 0.3) is 0 Å². The first-order valence-corrected chi connectivity index (χ1v) is 7.09. The summed E-state index contributed by atoms with van der Waals surface area (Å²) in [5.41, 5.74) is 1.34. The van der Waals surface area contributed by atoms with Crippen molar-refractivity contribution in [1.29, 1.82) is 5.26 Å². The van der Waals surface area contributed by atoms with Crippen LogP contribution in [0.3, 0.4) is 0 Å². The molecule has 1 aromatic carbocycles. The molecule has 3 fully saturated rings. The highest BCUT2D eigenvalue weighted by Gasteiger charge is 2.67. The molecular formula is C16H16N2O. The van der Waals surface area contributed by atoms with Gasteiger partial charge < -0.3 is 5.32 Å². The van der Waals surface area contributed by atoms with Gasteiger partial charge in [0.2, 0.25) is 5.91 Å². The molecule has 3 aliphatic carbocycles. The standard InChI is InChI=1S/C16H16N2O/c17-8-9-2-1-3-12(6-9)18-16(19)15-13-10-4-5-11(7-10)14(13)15/h1-3,6,10-11,13-15H,4-5,7H2,(H,18,19)/t10-,11-,13-,14-/m0/s1. The Morgan fingerprint density at radius 1 is 1.26 bits per heavy atom. The lowest BCUT2D eigenvalue weighted by atomic mass is 10.0. The van der Waals surface area contributed by atoms with Gasteiger partial charge in [-0.2, -0.15) is 5.26 Å². The smallest absolute Gasteiger partial charge is 0.228 e. The summed E-state index contributed by atoms with van der Waals surface area (Å²) in [7, 11) is 0. The Morgan fingerprint density at radius 2 is 2.00 bits per heavy atom. The first-order valence-electron chi connectivity index (χ1n) is 7.09. The maximum Gasteiger partial charge on any atom is 0.228 e. The number of fused-ring (bicyclic) bond motifs is 5. The van der Waals surface area contributed by atoms with Crippen molar-refractivity contribution < 1.29 is 4.79 Å². The Morgan fingerprint density at radius 3 is 2.68 bits per heavy atom. The minimum absolute atomic E-state index is 0.168. The number of hydrogen-bond acceptors (Lipinski definition) is 2. The summed E-state index contributed by atoms with van der Waals surface area (Å²) >= 11 is 0. The number of benzene rings is 1. The molecule has 4 rings (SSSR count). The van der Waals surface area contributed by atoms with Crippen LogP contribution in [0, 0.1) is 40.9 Å². The van der Waals surface area contributed by atoms with Crippen LogP contribution in [0.25, 0.3) is 0 Å². The number of carbonyl (C=O) groups is 1. The molecule has 0 radical (unpaired) electrons. The summed E-state index contributed by atoms with van der Waals surface area (Å²) in [5.74, 6) is 3.38. The molecule has 3 nitrogen and oxygen atoms in total. The maximum atomic E-state index is 12.3. The fourth-order valence-corrected chi connectivity index (χ4v) is 4.57. The van der Waals surface area contributed by atoms with Crippen LogP contribution in [0.1, 0.15) is 24.8 Å². The third-order valence-corrected chi connectivity index (χ3v) is 5.30. The van der Waals surface area contributed by atoms with E-state index >= 15 is 0 Å². The second kappa shape index (κ2) is 3.84. The Kier molecular flexibility index (Phi) is 2.23. The molecule has 0 spiro atoms. The van der Waals surface area contributed by atoms with Crippen molar-refractivity contribution in [3.8, 4) is 6.07 Å². The van der Waals surface area contributed by atoms with E-state index in [2.05, 4.69) is 11.4 Å². The Hall–Kier alpha value is -1.82. The van der Waals surface area contributed by atoms with E-state index in [0.717, 1.165) is 17.5 Å². The number of nitrogens with one attached hydrogen (secondary N) is 1. The van der Waals surface area contributed by atoms with E-state index in [1.54, 1.807) is 12.1 Å². The third kappa shape index (κ3) is 1.59. The molecular weight excluding hydrogens is 236 g/mol. The molecule has 19 heavy (non-hydrogen) atoms. The van der Waals surface area contributed by atoms with Crippen molar-refractivity contribution >= 4 is 11.6 Å². The van der Waals surface area contributed by atoms with Gasteiger partial charge in [-0.1, -0.05) is 6.07 Å². The van der Waals surface area contributed by atoms with Gasteiger partial charge >= 0.3 is 0 Å². The largest absolute Gasteiger partial charge is 0.326 e. The quantitative estimate of drug-likeness (QED) is 0.880. The lowest BCUT2D eigenvalue weighted by Gasteiger charge is -2.09. The molecule has 4 atom stereocenters. The lowest BCUT2D eigenvalue weighted by molar-refractivity contribution is -0.118. The molecule has 3 saturated carbocycles. The molecule has 0 aliphatic heterocycles. The van der Waals surface area contributed by atoms with Gasteiger partial charge in [-0.15, -0.1) is 0 Å². The first-order chi connectivity index (χ1) is 9.28. The number of anilines is 1. The van der Waals surface area contributed by atoms with Crippen LogP contribution < -0.4 is 5.32 Å². The molecule has 1 aromatic rings. The van der Waals surface area contributed by atoms with Gasteiger partial charge in [0, 0.05) is 11.6 Å². The van der Waals surface area contributed by atoms with Crippen LogP contribution in [0.4, 0.5) is 5.69 Å². The zero-order chi connectivity index (χ0) is 13.0. The molecule has 96 valence electrons. The molecule has 2 bridgehead atoms. The van der Waals surface area contributed by atoms with E-state index < -0.39 is 0 Å². The molecule has 0 aromatic heterocycles. The summed E-state index contributed by atoms with van der Waals surface area (Å²) in [6.45, 7) is 0. The monoisotopic (exact) mass is 252 g/mol. The predicted molar refractivity (Wildman–Crippen MR) is 71.1 cm³/mol. The first kappa shape index (κ1) is 11.0. The number of amides is 1. The van der Waals surface area contributed by atoms with Crippen LogP contribution >= 0.6 is 0 Å². The number of hydrogen-bond donors (Lipinski definition) is 1. The summed E-state index contributed by atoms with van der Waals surface area (Å²) in [6.07, 6.45) is 4.03. The van der Waals surface area contributed by atoms with Gasteiger partial charge in [0.1, 0.15) is 0 Å². The molecule has 3 aliphatic rings. The van der Waals surface area contributed by atoms with Crippen LogP contribution in [0.5, 0.6) is 0 Å². The van der Waals surface area contributed by atoms with Crippen molar-refractivity contribution in [2.24, 2.45) is 29.6 Å². The van der Waals surface area contributed by atoms with E-state index in [0.29, 0.717) is 17.4 Å². The van der Waals surface area contributed by atoms with Crippen molar-refractivity contribution in [3.05, 3.63) is 29.8 Å². The van der Waals surface area contributed by atoms with Crippen molar-refractivity contribution in [2.45, 2.75) is 19.3 Å². The summed E-state index contributed by atoms with van der Waals surface area (Å²) < 4.78 is 0. The highest BCUT2D eigenvalue weighted by Crippen LogP contribution is 2.69. The second-order valence-corrected chi connectivity index (χ2v) is 6.20. The third-order valence-electron chi connectivity index (χ3n) is 5.30. The average Bonchev–Trinajstić information content (AvgIpc) is 2.88. The number of nitrogens with zero attached hydrogens (tertiary/aromatic N) is 1. The topological polar surface area (TPSA) is 52.9 Å². The van der Waals surface area contributed by atoms with E-state index in [-0.39, 0.29) is 11.8 Å². The van der Waals surface area contributed by atoms with E-state index in [9.17, 15) is 4.79 Å². The molecule has 3 heteroatoms. The van der Waals surface area contributed by atoms with Crippen LogP contribution in [0.15, 0.2) is 24.3 Å². The Labute approximate surface area is 112 Å². The zero-order valence-corrected chi connectivity index (χ0v) is 10.7. The van der Waals surface area contributed by atoms with Gasteiger partial charge in [-0.05, 0) is 61.1 Å². The SMILES string of the molecule is N#Cc1cccc(NC(=O)C2[C@H]3[C@H]4CC[C@@H](C4)[C@H]23)c1. The number of carbonyl (C=O) groups excluding carboxylic acids is 1. The Bertz CT molecular complexity index is 573. The molecule has 0 saturated heterocycles. The van der Waals surface area contributed by atoms with Gasteiger partial charge in [0.05, 0.1) is 11.6 Å². The van der Waals surface area contributed by atoms with E-state index in [1.807, 2.05) is 12.1 Å². The minimum atomic E-state index is 0.168. The van der Waals surface area contributed by atoms with E-state index in [4.69, 9.17) is 5.26 Å². The average molecular weight is 252 g/mol. The minimum Gasteiger partial charge on any atom is -0.326 e. The number of nitriles is 1. The van der Waals surface area contributed by atoms with Gasteiger partial charge in [-0.3, -0.25) is 4.79 Å². The summed E-state index contributed by atoms with van der Waals surface area (Å²) in [5, 5.41) is 11.9. The van der Waals surface area contributed by atoms with Gasteiger partial charge in [0.15, 0.2) is 0 Å². The van der Waals surface area contributed by atoms with Crippen molar-refractivity contribution in [1.82, 2.24) is 0 Å². The van der Waals surface area contributed by atoms with Gasteiger partial charge in [-0.25, -0.2) is 0 Å². The molecule has 1 N–H and O–H groups in total. The van der Waals surface area contributed by atoms with Crippen molar-refractivity contribution in [2.75, 3.05) is 5.32 Å². The fourth-order valence-electron chi connectivity index (χ4n) is 4.57. The fraction of sp³-hybridized carbons (Fsp3) is 0.500. The maximum absolute atomic E-state index is 12.3. The van der Waals surface area contributed by atoms with Crippen LogP contribution in [0.2, 0.25) is 0 Å².